The third kappa shape index (κ3) is 2.83. The van der Waals surface area contributed by atoms with Gasteiger partial charge in [-0.2, -0.15) is 5.10 Å². The number of hydrogen-bond donors (Lipinski definition) is 1. The van der Waals surface area contributed by atoms with Crippen molar-refractivity contribution in [3.05, 3.63) is 12.2 Å². The number of nitrogens with two attached hydrogens (primary N) is 1. The molecule has 1 unspecified atom stereocenters. The molecule has 2 N–H and O–H groups in total. The molecule has 0 amide bonds. The molecule has 0 aromatic carbocycles. The predicted octanol–water partition coefficient (Wildman–Crippen LogP) is -0.627. The molecule has 6 nitrogen and oxygen atoms in total. The Bertz CT molecular complexity index is 349. The number of rotatable bonds is 4. The number of nitrogens with zero attached hydrogens (tertiary/aromatic N) is 5. The Kier molecular flexibility index (Phi) is 4.09. The molecule has 6 heteroatoms. The minimum absolute atomic E-state index is 0.427. The predicted molar refractivity (Wildman–Crippen MR) is 66.4 cm³/mol. The molecule has 1 aliphatic rings. The van der Waals surface area contributed by atoms with Crippen molar-refractivity contribution in [1.29, 1.82) is 0 Å². The van der Waals surface area contributed by atoms with Gasteiger partial charge in [0.25, 0.3) is 0 Å². The van der Waals surface area contributed by atoms with E-state index >= 15 is 0 Å². The average Bonchev–Trinajstić information content (AvgIpc) is 2.78. The van der Waals surface area contributed by atoms with Crippen molar-refractivity contribution < 1.29 is 0 Å². The molecule has 1 aliphatic heterocycles. The topological polar surface area (TPSA) is 63.2 Å². The fourth-order valence-corrected chi connectivity index (χ4v) is 2.34. The van der Waals surface area contributed by atoms with Crippen molar-refractivity contribution in [3.63, 3.8) is 0 Å². The molecule has 0 radical (unpaired) electrons. The molecule has 0 bridgehead atoms. The Balaban J connectivity index is 2.02. The van der Waals surface area contributed by atoms with E-state index in [0.29, 0.717) is 12.6 Å². The highest BCUT2D eigenvalue weighted by Crippen LogP contribution is 2.11. The van der Waals surface area contributed by atoms with Crippen LogP contribution in [0.25, 0.3) is 0 Å². The van der Waals surface area contributed by atoms with Crippen molar-refractivity contribution in [2.45, 2.75) is 26.1 Å². The normalized spacial score (nSPS) is 23.1. The van der Waals surface area contributed by atoms with Gasteiger partial charge < -0.3 is 10.6 Å². The van der Waals surface area contributed by atoms with E-state index in [9.17, 15) is 0 Å². The van der Waals surface area contributed by atoms with Gasteiger partial charge in [0.1, 0.15) is 12.2 Å². The van der Waals surface area contributed by atoms with Crippen LogP contribution in [0.2, 0.25) is 0 Å². The minimum atomic E-state index is 0.427. The lowest BCUT2D eigenvalue weighted by Gasteiger charge is -2.39. The number of likely N-dealkylation sites (N-methyl/N-ethyl adjacent to an activating group) is 1. The van der Waals surface area contributed by atoms with E-state index in [4.69, 9.17) is 5.73 Å². The lowest BCUT2D eigenvalue weighted by molar-refractivity contribution is 0.0845. The van der Waals surface area contributed by atoms with Crippen molar-refractivity contribution >= 4 is 0 Å². The molecule has 1 aromatic rings. The summed E-state index contributed by atoms with van der Waals surface area (Å²) in [5.41, 5.74) is 5.84. The fourth-order valence-electron chi connectivity index (χ4n) is 2.34. The molecule has 0 spiro atoms. The Morgan fingerprint density at radius 1 is 1.47 bits per heavy atom. The second-order valence-corrected chi connectivity index (χ2v) is 4.61. The van der Waals surface area contributed by atoms with E-state index in [1.54, 1.807) is 6.33 Å². The van der Waals surface area contributed by atoms with Gasteiger partial charge in [0, 0.05) is 38.8 Å². The van der Waals surface area contributed by atoms with Gasteiger partial charge in [0.05, 0.1) is 6.54 Å². The zero-order valence-corrected chi connectivity index (χ0v) is 10.7. The summed E-state index contributed by atoms with van der Waals surface area (Å²) in [6, 6.07) is 0.427. The maximum Gasteiger partial charge on any atom is 0.141 e. The van der Waals surface area contributed by atoms with Crippen LogP contribution in [0.5, 0.6) is 0 Å². The molecule has 96 valence electrons. The molecule has 17 heavy (non-hydrogen) atoms. The van der Waals surface area contributed by atoms with E-state index in [-0.39, 0.29) is 0 Å². The number of piperazine rings is 1. The minimum Gasteiger partial charge on any atom is -0.329 e. The lowest BCUT2D eigenvalue weighted by Crippen LogP contribution is -2.54. The molecule has 0 saturated carbocycles. The third-order valence-electron chi connectivity index (χ3n) is 3.42. The van der Waals surface area contributed by atoms with Crippen molar-refractivity contribution in [2.75, 3.05) is 33.2 Å². The summed E-state index contributed by atoms with van der Waals surface area (Å²) in [6.45, 7) is 7.69. The first kappa shape index (κ1) is 12.5. The summed E-state index contributed by atoms with van der Waals surface area (Å²) in [6.07, 6.45) is 1.63. The molecular formula is C11H22N6. The molecule has 1 atom stereocenters. The maximum atomic E-state index is 5.84. The standard InChI is InChI=1S/C11H22N6/c1-3-17-11(13-9-14-17)8-16-5-4-15(2)7-10(16)6-12/h9-10H,3-8,12H2,1-2H3. The number of aromatic nitrogens is 3. The van der Waals surface area contributed by atoms with Crippen LogP contribution in [0, 0.1) is 0 Å². The smallest absolute Gasteiger partial charge is 0.141 e. The lowest BCUT2D eigenvalue weighted by atomic mass is 10.1. The monoisotopic (exact) mass is 238 g/mol. The Hall–Kier alpha value is -0.980. The van der Waals surface area contributed by atoms with Crippen LogP contribution in [-0.4, -0.2) is 63.8 Å². The molecule has 1 saturated heterocycles. The van der Waals surface area contributed by atoms with Gasteiger partial charge in [-0.1, -0.05) is 0 Å². The average molecular weight is 238 g/mol. The molecular weight excluding hydrogens is 216 g/mol. The van der Waals surface area contributed by atoms with Crippen LogP contribution < -0.4 is 5.73 Å². The number of aryl methyl sites for hydroxylation is 1. The molecule has 2 rings (SSSR count). The highest BCUT2D eigenvalue weighted by atomic mass is 15.4. The van der Waals surface area contributed by atoms with Gasteiger partial charge in [-0.3, -0.25) is 4.90 Å². The summed E-state index contributed by atoms with van der Waals surface area (Å²) >= 11 is 0. The van der Waals surface area contributed by atoms with E-state index in [1.165, 1.54) is 0 Å². The molecule has 0 aliphatic carbocycles. The zero-order valence-electron chi connectivity index (χ0n) is 10.7. The van der Waals surface area contributed by atoms with Crippen LogP contribution in [-0.2, 0) is 13.1 Å². The Morgan fingerprint density at radius 2 is 2.29 bits per heavy atom. The summed E-state index contributed by atoms with van der Waals surface area (Å²) in [7, 11) is 2.15. The fraction of sp³-hybridized carbons (Fsp3) is 0.818. The highest BCUT2D eigenvalue weighted by Gasteiger charge is 2.25. The summed E-state index contributed by atoms with van der Waals surface area (Å²) < 4.78 is 1.95. The number of hydrogen-bond acceptors (Lipinski definition) is 5. The van der Waals surface area contributed by atoms with Crippen LogP contribution in [0.3, 0.4) is 0 Å². The first-order valence-electron chi connectivity index (χ1n) is 6.24. The van der Waals surface area contributed by atoms with Crippen molar-refractivity contribution in [2.24, 2.45) is 5.73 Å². The molecule has 1 aromatic heterocycles. The van der Waals surface area contributed by atoms with Gasteiger partial charge in [-0.15, -0.1) is 0 Å². The van der Waals surface area contributed by atoms with E-state index in [1.807, 2.05) is 4.68 Å². The van der Waals surface area contributed by atoms with Crippen molar-refractivity contribution in [1.82, 2.24) is 24.6 Å². The van der Waals surface area contributed by atoms with E-state index in [2.05, 4.69) is 33.9 Å². The van der Waals surface area contributed by atoms with E-state index in [0.717, 1.165) is 38.5 Å². The summed E-state index contributed by atoms with van der Waals surface area (Å²) in [5.74, 6) is 1.04. The van der Waals surface area contributed by atoms with Gasteiger partial charge >= 0.3 is 0 Å². The maximum absolute atomic E-state index is 5.84. The quantitative estimate of drug-likeness (QED) is 0.757. The largest absolute Gasteiger partial charge is 0.329 e. The summed E-state index contributed by atoms with van der Waals surface area (Å²) in [4.78, 5) is 9.07. The SMILES string of the molecule is CCn1ncnc1CN1CCN(C)CC1CN. The Labute approximate surface area is 102 Å². The van der Waals surface area contributed by atoms with Gasteiger partial charge in [-0.05, 0) is 14.0 Å². The van der Waals surface area contributed by atoms with Gasteiger partial charge in [0.15, 0.2) is 0 Å². The van der Waals surface area contributed by atoms with Crippen LogP contribution in [0.1, 0.15) is 12.7 Å². The first-order chi connectivity index (χ1) is 8.24. The molecule has 2 heterocycles. The molecule has 1 fully saturated rings. The van der Waals surface area contributed by atoms with Gasteiger partial charge in [-0.25, -0.2) is 9.67 Å². The van der Waals surface area contributed by atoms with Gasteiger partial charge in [0.2, 0.25) is 0 Å². The first-order valence-corrected chi connectivity index (χ1v) is 6.24. The third-order valence-corrected chi connectivity index (χ3v) is 3.42. The second-order valence-electron chi connectivity index (χ2n) is 4.61. The zero-order chi connectivity index (χ0) is 12.3. The van der Waals surface area contributed by atoms with E-state index < -0.39 is 0 Å². The van der Waals surface area contributed by atoms with Crippen LogP contribution >= 0.6 is 0 Å². The van der Waals surface area contributed by atoms with Crippen molar-refractivity contribution in [3.8, 4) is 0 Å². The Morgan fingerprint density at radius 3 is 3.00 bits per heavy atom. The summed E-state index contributed by atoms with van der Waals surface area (Å²) in [5, 5.41) is 4.20. The van der Waals surface area contributed by atoms with Crippen LogP contribution in [0.15, 0.2) is 6.33 Å². The second kappa shape index (κ2) is 5.57. The van der Waals surface area contributed by atoms with Crippen LogP contribution in [0.4, 0.5) is 0 Å². The highest BCUT2D eigenvalue weighted by molar-refractivity contribution is 4.89.